The van der Waals surface area contributed by atoms with Gasteiger partial charge in [0.25, 0.3) is 0 Å². The summed E-state index contributed by atoms with van der Waals surface area (Å²) >= 11 is 0. The standard InChI is InChI=1S/C15H16N6/c1-10-12(9-17-21(10)2)15-18-13(8-14(19-15)20-16)11-6-4-3-5-7-11/h3-9H,16H2,1-2H3,(H,18,19,20). The van der Waals surface area contributed by atoms with Crippen molar-refractivity contribution in [1.29, 1.82) is 0 Å². The van der Waals surface area contributed by atoms with E-state index in [9.17, 15) is 0 Å². The Hall–Kier alpha value is -2.73. The van der Waals surface area contributed by atoms with Gasteiger partial charge in [-0.05, 0) is 6.92 Å². The van der Waals surface area contributed by atoms with Gasteiger partial charge in [-0.25, -0.2) is 15.8 Å². The predicted molar refractivity (Wildman–Crippen MR) is 82.2 cm³/mol. The van der Waals surface area contributed by atoms with Gasteiger partial charge in [0.05, 0.1) is 17.5 Å². The number of hydrazine groups is 1. The number of hydrogen-bond donors (Lipinski definition) is 2. The summed E-state index contributed by atoms with van der Waals surface area (Å²) in [6, 6.07) is 11.7. The van der Waals surface area contributed by atoms with Crippen molar-refractivity contribution < 1.29 is 0 Å². The minimum atomic E-state index is 0.571. The molecule has 2 aromatic heterocycles. The Morgan fingerprint density at radius 3 is 2.52 bits per heavy atom. The van der Waals surface area contributed by atoms with E-state index in [2.05, 4.69) is 20.5 Å². The Morgan fingerprint density at radius 2 is 1.90 bits per heavy atom. The molecule has 3 N–H and O–H groups in total. The first-order chi connectivity index (χ1) is 10.2. The third-order valence-electron chi connectivity index (χ3n) is 3.42. The van der Waals surface area contributed by atoms with Crippen LogP contribution in [0, 0.1) is 6.92 Å². The Balaban J connectivity index is 2.16. The van der Waals surface area contributed by atoms with Crippen molar-refractivity contribution in [2.45, 2.75) is 6.92 Å². The molecule has 0 amide bonds. The van der Waals surface area contributed by atoms with Crippen LogP contribution in [0.4, 0.5) is 5.82 Å². The van der Waals surface area contributed by atoms with E-state index in [1.165, 1.54) is 0 Å². The van der Waals surface area contributed by atoms with E-state index in [1.54, 1.807) is 10.9 Å². The van der Waals surface area contributed by atoms with E-state index in [0.29, 0.717) is 11.6 Å². The van der Waals surface area contributed by atoms with Gasteiger partial charge in [-0.3, -0.25) is 4.68 Å². The van der Waals surface area contributed by atoms with Crippen LogP contribution in [0.5, 0.6) is 0 Å². The van der Waals surface area contributed by atoms with Crippen LogP contribution < -0.4 is 11.3 Å². The Labute approximate surface area is 122 Å². The minimum Gasteiger partial charge on any atom is -0.308 e. The molecule has 0 atom stereocenters. The largest absolute Gasteiger partial charge is 0.308 e. The maximum Gasteiger partial charge on any atom is 0.165 e. The van der Waals surface area contributed by atoms with Crippen molar-refractivity contribution in [3.63, 3.8) is 0 Å². The lowest BCUT2D eigenvalue weighted by molar-refractivity contribution is 0.740. The van der Waals surface area contributed by atoms with Crippen molar-refractivity contribution in [3.8, 4) is 22.6 Å². The van der Waals surface area contributed by atoms with E-state index in [1.807, 2.05) is 50.4 Å². The van der Waals surface area contributed by atoms with Crippen LogP contribution in [0.15, 0.2) is 42.6 Å². The number of benzene rings is 1. The molecule has 6 heteroatoms. The maximum atomic E-state index is 5.53. The zero-order chi connectivity index (χ0) is 14.8. The van der Waals surface area contributed by atoms with Gasteiger partial charge in [0.2, 0.25) is 0 Å². The van der Waals surface area contributed by atoms with Crippen LogP contribution in [0.25, 0.3) is 22.6 Å². The molecule has 6 nitrogen and oxygen atoms in total. The number of hydrogen-bond acceptors (Lipinski definition) is 5. The smallest absolute Gasteiger partial charge is 0.165 e. The van der Waals surface area contributed by atoms with Crippen molar-refractivity contribution in [2.24, 2.45) is 12.9 Å². The fourth-order valence-electron chi connectivity index (χ4n) is 2.12. The first kappa shape index (κ1) is 13.3. The van der Waals surface area contributed by atoms with E-state index in [-0.39, 0.29) is 0 Å². The molecular formula is C15H16N6. The maximum absolute atomic E-state index is 5.53. The molecule has 0 bridgehead atoms. The molecule has 106 valence electrons. The monoisotopic (exact) mass is 280 g/mol. The molecule has 0 aliphatic heterocycles. The van der Waals surface area contributed by atoms with Crippen LogP contribution >= 0.6 is 0 Å². The fraction of sp³-hybridized carbons (Fsp3) is 0.133. The zero-order valence-electron chi connectivity index (χ0n) is 11.9. The van der Waals surface area contributed by atoms with E-state index in [0.717, 1.165) is 22.5 Å². The molecule has 3 aromatic rings. The average molecular weight is 280 g/mol. The van der Waals surface area contributed by atoms with Crippen molar-refractivity contribution >= 4 is 5.82 Å². The van der Waals surface area contributed by atoms with Crippen molar-refractivity contribution in [2.75, 3.05) is 5.43 Å². The first-order valence-electron chi connectivity index (χ1n) is 6.59. The van der Waals surface area contributed by atoms with Crippen molar-refractivity contribution in [1.82, 2.24) is 19.7 Å². The van der Waals surface area contributed by atoms with E-state index < -0.39 is 0 Å². The van der Waals surface area contributed by atoms with Gasteiger partial charge in [0, 0.05) is 24.4 Å². The predicted octanol–water partition coefficient (Wildman–Crippen LogP) is 2.14. The molecule has 0 unspecified atom stereocenters. The molecule has 0 radical (unpaired) electrons. The molecule has 1 aromatic carbocycles. The topological polar surface area (TPSA) is 81.7 Å². The summed E-state index contributed by atoms with van der Waals surface area (Å²) in [7, 11) is 1.89. The Morgan fingerprint density at radius 1 is 1.14 bits per heavy atom. The second-order valence-corrected chi connectivity index (χ2v) is 4.74. The lowest BCUT2D eigenvalue weighted by Gasteiger charge is -2.07. The van der Waals surface area contributed by atoms with Gasteiger partial charge in [0.15, 0.2) is 5.82 Å². The number of aromatic nitrogens is 4. The highest BCUT2D eigenvalue weighted by Crippen LogP contribution is 2.25. The Kier molecular flexibility index (Phi) is 3.37. The molecule has 0 aliphatic carbocycles. The molecule has 0 aliphatic rings. The summed E-state index contributed by atoms with van der Waals surface area (Å²) in [6.45, 7) is 1.98. The lowest BCUT2D eigenvalue weighted by Crippen LogP contribution is -2.10. The number of nitrogens with zero attached hydrogens (tertiary/aromatic N) is 4. The molecule has 0 spiro atoms. The van der Waals surface area contributed by atoms with Gasteiger partial charge in [0.1, 0.15) is 5.82 Å². The zero-order valence-corrected chi connectivity index (χ0v) is 11.9. The summed E-state index contributed by atoms with van der Waals surface area (Å²) in [5.74, 6) is 6.70. The summed E-state index contributed by atoms with van der Waals surface area (Å²) in [4.78, 5) is 9.06. The van der Waals surface area contributed by atoms with Gasteiger partial charge in [-0.1, -0.05) is 30.3 Å². The van der Waals surface area contributed by atoms with Crippen LogP contribution in [-0.2, 0) is 7.05 Å². The highest BCUT2D eigenvalue weighted by atomic mass is 15.3. The second kappa shape index (κ2) is 5.34. The van der Waals surface area contributed by atoms with Gasteiger partial charge < -0.3 is 5.43 Å². The first-order valence-corrected chi connectivity index (χ1v) is 6.59. The molecule has 0 saturated heterocycles. The van der Waals surface area contributed by atoms with E-state index in [4.69, 9.17) is 5.84 Å². The summed E-state index contributed by atoms with van der Waals surface area (Å²) in [5, 5.41) is 4.24. The number of aryl methyl sites for hydroxylation is 1. The van der Waals surface area contributed by atoms with E-state index >= 15 is 0 Å². The summed E-state index contributed by atoms with van der Waals surface area (Å²) < 4.78 is 1.80. The average Bonchev–Trinajstić information content (AvgIpc) is 2.87. The van der Waals surface area contributed by atoms with Gasteiger partial charge in [-0.2, -0.15) is 5.10 Å². The van der Waals surface area contributed by atoms with Crippen LogP contribution in [0.2, 0.25) is 0 Å². The fourth-order valence-corrected chi connectivity index (χ4v) is 2.12. The third kappa shape index (κ3) is 2.48. The van der Waals surface area contributed by atoms with Crippen LogP contribution in [0.1, 0.15) is 5.69 Å². The molecule has 2 heterocycles. The number of nitrogens with one attached hydrogen (secondary N) is 1. The molecular weight excluding hydrogens is 264 g/mol. The molecule has 0 fully saturated rings. The quantitative estimate of drug-likeness (QED) is 0.567. The summed E-state index contributed by atoms with van der Waals surface area (Å²) in [6.07, 6.45) is 1.76. The van der Waals surface area contributed by atoms with Gasteiger partial charge in [-0.15, -0.1) is 0 Å². The number of rotatable bonds is 3. The lowest BCUT2D eigenvalue weighted by atomic mass is 10.1. The molecule has 21 heavy (non-hydrogen) atoms. The molecule has 0 saturated carbocycles. The minimum absolute atomic E-state index is 0.571. The number of nitrogen functional groups attached to an aromatic ring is 1. The highest BCUT2D eigenvalue weighted by Gasteiger charge is 2.12. The molecule has 3 rings (SSSR count). The normalized spacial score (nSPS) is 10.6. The van der Waals surface area contributed by atoms with Crippen LogP contribution in [0.3, 0.4) is 0 Å². The third-order valence-corrected chi connectivity index (χ3v) is 3.42. The number of nitrogens with two attached hydrogens (primary N) is 1. The Bertz CT molecular complexity index is 763. The highest BCUT2D eigenvalue weighted by molar-refractivity contribution is 5.67. The van der Waals surface area contributed by atoms with Crippen LogP contribution in [-0.4, -0.2) is 19.7 Å². The number of anilines is 1. The van der Waals surface area contributed by atoms with Crippen molar-refractivity contribution in [3.05, 3.63) is 48.3 Å². The van der Waals surface area contributed by atoms with Gasteiger partial charge >= 0.3 is 0 Å². The SMILES string of the molecule is Cc1c(-c2nc(NN)cc(-c3ccccc3)n2)cnn1C. The summed E-state index contributed by atoms with van der Waals surface area (Å²) in [5.41, 5.74) is 6.32. The second-order valence-electron chi connectivity index (χ2n) is 4.74.